The van der Waals surface area contributed by atoms with Gasteiger partial charge < -0.3 is 10.2 Å². The average Bonchev–Trinajstić information content (AvgIpc) is 2.44. The summed E-state index contributed by atoms with van der Waals surface area (Å²) in [5.41, 5.74) is -5.13. The van der Waals surface area contributed by atoms with Gasteiger partial charge in [-0.05, 0) is 38.0 Å². The third-order valence-electron chi connectivity index (χ3n) is 4.34. The number of allylic oxidation sites excluding steroid dienone is 1. The second-order valence-electron chi connectivity index (χ2n) is 6.40. The van der Waals surface area contributed by atoms with Gasteiger partial charge >= 0.3 is 18.1 Å². The van der Waals surface area contributed by atoms with E-state index < -0.39 is 51.0 Å². The third kappa shape index (κ3) is 3.52. The lowest BCUT2D eigenvalue weighted by molar-refractivity contribution is -0.152. The molecule has 0 fully saturated rings. The molecule has 0 saturated carbocycles. The normalized spacial score (nSPS) is 26.3. The first-order valence-electron chi connectivity index (χ1n) is 7.14. The molecule has 4 nitrogen and oxygen atoms in total. The molecule has 26 heavy (non-hydrogen) atoms. The Kier molecular flexibility index (Phi) is 5.31. The molecular formula is C16H12Cl3F3O4. The maximum Gasteiger partial charge on any atom is 0.416 e. The minimum atomic E-state index is -4.74. The zero-order valence-corrected chi connectivity index (χ0v) is 15.4. The van der Waals surface area contributed by atoms with Gasteiger partial charge in [0.25, 0.3) is 0 Å². The van der Waals surface area contributed by atoms with Gasteiger partial charge in [0.05, 0.1) is 11.0 Å². The van der Waals surface area contributed by atoms with Crippen LogP contribution in [-0.4, -0.2) is 22.2 Å². The predicted molar refractivity (Wildman–Crippen MR) is 89.7 cm³/mol. The summed E-state index contributed by atoms with van der Waals surface area (Å²) in [6.45, 7) is 1.30. The topological polar surface area (TPSA) is 74.6 Å². The summed E-state index contributed by atoms with van der Waals surface area (Å²) in [5.74, 6) is -2.82. The Morgan fingerprint density at radius 3 is 1.96 bits per heavy atom. The number of carboxylic acids is 2. The SMILES string of the molecule is CC1(C(=O)O)CC(Cl)=CC(C(=O)O)(c2c(Cl)cc(C(F)(F)F)cc2Cl)C1. The van der Waals surface area contributed by atoms with Crippen molar-refractivity contribution in [2.45, 2.75) is 31.4 Å². The molecule has 1 aromatic carbocycles. The highest BCUT2D eigenvalue weighted by molar-refractivity contribution is 6.37. The quantitative estimate of drug-likeness (QED) is 0.677. The molecule has 0 heterocycles. The standard InChI is InChI=1S/C16H12Cl3F3O4/c1-14(12(23)24)4-8(17)5-15(6-14,13(25)26)11-9(18)2-7(3-10(11)19)16(20,21)22/h2-3,5H,4,6H2,1H3,(H,23,24)(H,25,26). The Labute approximate surface area is 161 Å². The number of halogens is 6. The fourth-order valence-electron chi connectivity index (χ4n) is 3.14. The smallest absolute Gasteiger partial charge is 0.416 e. The van der Waals surface area contributed by atoms with Crippen LogP contribution >= 0.6 is 34.8 Å². The summed E-state index contributed by atoms with van der Waals surface area (Å²) in [6.07, 6.45) is -4.26. The average molecular weight is 432 g/mol. The fourth-order valence-corrected chi connectivity index (χ4v) is 4.44. The number of alkyl halides is 3. The Morgan fingerprint density at radius 2 is 1.58 bits per heavy atom. The zero-order chi connectivity index (χ0) is 20.1. The lowest BCUT2D eigenvalue weighted by Crippen LogP contribution is -2.45. The van der Waals surface area contributed by atoms with Crippen LogP contribution in [0.15, 0.2) is 23.2 Å². The molecule has 0 aromatic heterocycles. The molecule has 2 rings (SSSR count). The van der Waals surface area contributed by atoms with Gasteiger partial charge in [-0.3, -0.25) is 9.59 Å². The largest absolute Gasteiger partial charge is 0.481 e. The van der Waals surface area contributed by atoms with Crippen LogP contribution in [0, 0.1) is 5.41 Å². The van der Waals surface area contributed by atoms with Gasteiger partial charge in [0.1, 0.15) is 5.41 Å². The molecule has 2 N–H and O–H groups in total. The minimum absolute atomic E-state index is 0.0596. The molecule has 0 radical (unpaired) electrons. The maximum absolute atomic E-state index is 12.9. The molecule has 0 aliphatic heterocycles. The Balaban J connectivity index is 2.78. The number of carbonyl (C=O) groups is 2. The van der Waals surface area contributed by atoms with E-state index in [1.807, 2.05) is 0 Å². The van der Waals surface area contributed by atoms with Crippen LogP contribution in [-0.2, 0) is 21.2 Å². The highest BCUT2D eigenvalue weighted by Gasteiger charge is 2.53. The lowest BCUT2D eigenvalue weighted by Gasteiger charge is -2.40. The van der Waals surface area contributed by atoms with E-state index in [4.69, 9.17) is 34.8 Å². The van der Waals surface area contributed by atoms with Gasteiger partial charge in [0.2, 0.25) is 0 Å². The van der Waals surface area contributed by atoms with Crippen molar-refractivity contribution in [3.8, 4) is 0 Å². The molecule has 2 unspecified atom stereocenters. The monoisotopic (exact) mass is 430 g/mol. The van der Waals surface area contributed by atoms with Crippen LogP contribution in [0.1, 0.15) is 30.9 Å². The summed E-state index contributed by atoms with van der Waals surface area (Å²) in [7, 11) is 0. The van der Waals surface area contributed by atoms with E-state index in [-0.39, 0.29) is 17.0 Å². The second kappa shape index (κ2) is 6.62. The summed E-state index contributed by atoms with van der Waals surface area (Å²) in [5, 5.41) is 18.2. The number of rotatable bonds is 3. The van der Waals surface area contributed by atoms with Crippen LogP contribution in [0.5, 0.6) is 0 Å². The van der Waals surface area contributed by atoms with Crippen molar-refractivity contribution in [2.24, 2.45) is 5.41 Å². The van der Waals surface area contributed by atoms with Gasteiger partial charge in [-0.1, -0.05) is 34.8 Å². The summed E-state index contributed by atoms with van der Waals surface area (Å²) in [4.78, 5) is 23.7. The highest BCUT2D eigenvalue weighted by atomic mass is 35.5. The lowest BCUT2D eigenvalue weighted by atomic mass is 9.63. The summed E-state index contributed by atoms with van der Waals surface area (Å²) < 4.78 is 38.8. The molecule has 0 spiro atoms. The van der Waals surface area contributed by atoms with Crippen molar-refractivity contribution in [3.05, 3.63) is 44.4 Å². The number of aliphatic carboxylic acids is 2. The number of hydrogen-bond donors (Lipinski definition) is 2. The molecule has 1 aromatic rings. The molecule has 10 heteroatoms. The van der Waals surface area contributed by atoms with Crippen LogP contribution in [0.2, 0.25) is 10.0 Å². The van der Waals surface area contributed by atoms with Crippen LogP contribution < -0.4 is 0 Å². The highest BCUT2D eigenvalue weighted by Crippen LogP contribution is 2.52. The van der Waals surface area contributed by atoms with E-state index in [1.54, 1.807) is 0 Å². The molecule has 1 aliphatic rings. The van der Waals surface area contributed by atoms with Crippen molar-refractivity contribution in [3.63, 3.8) is 0 Å². The van der Waals surface area contributed by atoms with Crippen molar-refractivity contribution >= 4 is 46.7 Å². The summed E-state index contributed by atoms with van der Waals surface area (Å²) in [6, 6.07) is 1.11. The van der Waals surface area contributed by atoms with Gasteiger partial charge in [-0.15, -0.1) is 0 Å². The van der Waals surface area contributed by atoms with E-state index >= 15 is 0 Å². The number of hydrogen-bond acceptors (Lipinski definition) is 2. The number of benzene rings is 1. The number of carboxylic acid groups (broad SMARTS) is 2. The molecule has 0 bridgehead atoms. The molecule has 0 amide bonds. The first-order valence-corrected chi connectivity index (χ1v) is 8.27. The Hall–Kier alpha value is -1.44. The molecular weight excluding hydrogens is 420 g/mol. The fraction of sp³-hybridized carbons (Fsp3) is 0.375. The van der Waals surface area contributed by atoms with E-state index in [9.17, 15) is 33.0 Å². The van der Waals surface area contributed by atoms with Crippen molar-refractivity contribution in [1.29, 1.82) is 0 Å². The molecule has 0 saturated heterocycles. The van der Waals surface area contributed by atoms with E-state index in [0.29, 0.717) is 12.1 Å². The molecule has 1 aliphatic carbocycles. The first kappa shape index (κ1) is 20.9. The van der Waals surface area contributed by atoms with Gasteiger partial charge in [-0.2, -0.15) is 13.2 Å². The molecule has 2 atom stereocenters. The Morgan fingerprint density at radius 1 is 1.08 bits per heavy atom. The minimum Gasteiger partial charge on any atom is -0.481 e. The summed E-state index contributed by atoms with van der Waals surface area (Å²) >= 11 is 17.9. The van der Waals surface area contributed by atoms with E-state index in [2.05, 4.69) is 0 Å². The van der Waals surface area contributed by atoms with Crippen LogP contribution in [0.4, 0.5) is 13.2 Å². The van der Waals surface area contributed by atoms with Crippen LogP contribution in [0.3, 0.4) is 0 Å². The van der Waals surface area contributed by atoms with Crippen LogP contribution in [0.25, 0.3) is 0 Å². The maximum atomic E-state index is 12.9. The van der Waals surface area contributed by atoms with Gasteiger partial charge in [0.15, 0.2) is 0 Å². The van der Waals surface area contributed by atoms with E-state index in [1.165, 1.54) is 6.92 Å². The van der Waals surface area contributed by atoms with Gasteiger partial charge in [0, 0.05) is 20.6 Å². The second-order valence-corrected chi connectivity index (χ2v) is 7.70. The van der Waals surface area contributed by atoms with Crippen molar-refractivity contribution < 1.29 is 33.0 Å². The van der Waals surface area contributed by atoms with Gasteiger partial charge in [-0.25, -0.2) is 0 Å². The third-order valence-corrected chi connectivity index (χ3v) is 5.18. The molecule has 142 valence electrons. The predicted octanol–water partition coefficient (Wildman–Crippen LogP) is 5.34. The Bertz CT molecular complexity index is 798. The van der Waals surface area contributed by atoms with Crippen molar-refractivity contribution in [2.75, 3.05) is 0 Å². The first-order chi connectivity index (χ1) is 11.7. The van der Waals surface area contributed by atoms with Crippen molar-refractivity contribution in [1.82, 2.24) is 0 Å². The zero-order valence-electron chi connectivity index (χ0n) is 13.1. The van der Waals surface area contributed by atoms with E-state index in [0.717, 1.165) is 6.08 Å².